The van der Waals surface area contributed by atoms with Crippen LogP contribution in [-0.2, 0) is 0 Å². The molecule has 3 nitrogen and oxygen atoms in total. The maximum atomic E-state index is 9.16. The van der Waals surface area contributed by atoms with Gasteiger partial charge in [0.25, 0.3) is 0 Å². The lowest BCUT2D eigenvalue weighted by Crippen LogP contribution is -2.27. The number of aliphatic hydroxyl groups is 1. The number of aliphatic hydroxyl groups excluding tert-OH is 1. The fourth-order valence-corrected chi connectivity index (χ4v) is 1.68. The fourth-order valence-electron chi connectivity index (χ4n) is 0.848. The molecule has 1 rings (SSSR count). The minimum absolute atomic E-state index is 0.303. The second kappa shape index (κ2) is 4.45. The summed E-state index contributed by atoms with van der Waals surface area (Å²) in [7, 11) is 0. The minimum atomic E-state index is -0.452. The first kappa shape index (κ1) is 9.51. The Kier molecular flexibility index (Phi) is 3.52. The molecule has 0 saturated carbocycles. The number of anilines is 1. The van der Waals surface area contributed by atoms with Crippen molar-refractivity contribution >= 4 is 16.3 Å². The first-order valence-corrected chi connectivity index (χ1v) is 4.78. The smallest absolute Gasteiger partial charge is 0.0913 e. The molecule has 0 spiro atoms. The van der Waals surface area contributed by atoms with Crippen molar-refractivity contribution in [2.45, 2.75) is 13.0 Å². The molecule has 1 aromatic rings. The van der Waals surface area contributed by atoms with Crippen molar-refractivity contribution in [3.8, 4) is 0 Å². The van der Waals surface area contributed by atoms with Crippen LogP contribution < -0.4 is 11.1 Å². The normalized spacial score (nSPS) is 12.9. The third kappa shape index (κ3) is 2.48. The molecule has 12 heavy (non-hydrogen) atoms. The fraction of sp³-hybridized carbons (Fsp3) is 0.500. The van der Waals surface area contributed by atoms with Crippen molar-refractivity contribution in [1.82, 2.24) is 0 Å². The minimum Gasteiger partial charge on any atom is -0.390 e. The molecule has 4 heteroatoms. The van der Waals surface area contributed by atoms with Gasteiger partial charge in [-0.15, -0.1) is 11.3 Å². The molecule has 0 aliphatic heterocycles. The average Bonchev–Trinajstić information content (AvgIpc) is 2.47. The Morgan fingerprint density at radius 3 is 3.00 bits per heavy atom. The Hall–Kier alpha value is -0.580. The molecule has 0 aliphatic carbocycles. The zero-order valence-electron chi connectivity index (χ0n) is 7.08. The maximum absolute atomic E-state index is 9.16. The number of hydrogen-bond donors (Lipinski definition) is 3. The summed E-state index contributed by atoms with van der Waals surface area (Å²) in [4.78, 5) is 0. The molecule has 1 unspecified atom stereocenters. The van der Waals surface area contributed by atoms with Crippen LogP contribution in [-0.4, -0.2) is 24.3 Å². The van der Waals surface area contributed by atoms with Crippen molar-refractivity contribution < 1.29 is 5.11 Å². The van der Waals surface area contributed by atoms with Gasteiger partial charge in [0.15, 0.2) is 0 Å². The molecular formula is C8H14N2OS. The highest BCUT2D eigenvalue weighted by Gasteiger charge is 2.02. The van der Waals surface area contributed by atoms with Crippen LogP contribution in [0.4, 0.5) is 5.00 Å². The van der Waals surface area contributed by atoms with Crippen molar-refractivity contribution in [2.24, 2.45) is 5.73 Å². The van der Waals surface area contributed by atoms with E-state index >= 15 is 0 Å². The number of aryl methyl sites for hydroxylation is 1. The van der Waals surface area contributed by atoms with E-state index in [4.69, 9.17) is 10.8 Å². The van der Waals surface area contributed by atoms with Crippen LogP contribution in [0, 0.1) is 6.92 Å². The standard InChI is InChI=1S/C8H14N2OS/c1-6-2-3-12-8(6)10-5-7(11)4-9/h2-3,7,10-11H,4-5,9H2,1H3. The highest BCUT2D eigenvalue weighted by molar-refractivity contribution is 7.14. The van der Waals surface area contributed by atoms with E-state index < -0.39 is 6.10 Å². The van der Waals surface area contributed by atoms with Gasteiger partial charge >= 0.3 is 0 Å². The lowest BCUT2D eigenvalue weighted by Gasteiger charge is -2.09. The lowest BCUT2D eigenvalue weighted by molar-refractivity contribution is 0.196. The molecule has 0 fully saturated rings. The highest BCUT2D eigenvalue weighted by atomic mass is 32.1. The summed E-state index contributed by atoms with van der Waals surface area (Å²) >= 11 is 1.64. The van der Waals surface area contributed by atoms with Crippen LogP contribution in [0.3, 0.4) is 0 Å². The molecule has 4 N–H and O–H groups in total. The number of nitrogens with one attached hydrogen (secondary N) is 1. The van der Waals surface area contributed by atoms with Crippen LogP contribution >= 0.6 is 11.3 Å². The van der Waals surface area contributed by atoms with Gasteiger partial charge in [-0.05, 0) is 23.9 Å². The SMILES string of the molecule is Cc1ccsc1NCC(O)CN. The number of rotatable bonds is 4. The number of thiophene rings is 1. The Labute approximate surface area is 76.2 Å². The summed E-state index contributed by atoms with van der Waals surface area (Å²) in [5, 5.41) is 15.4. The van der Waals surface area contributed by atoms with Crippen LogP contribution in [0.1, 0.15) is 5.56 Å². The second-order valence-electron chi connectivity index (χ2n) is 2.70. The van der Waals surface area contributed by atoms with Gasteiger partial charge < -0.3 is 16.2 Å². The summed E-state index contributed by atoms with van der Waals surface area (Å²) < 4.78 is 0. The number of hydrogen-bond acceptors (Lipinski definition) is 4. The Morgan fingerprint density at radius 1 is 1.75 bits per heavy atom. The van der Waals surface area contributed by atoms with E-state index in [9.17, 15) is 0 Å². The average molecular weight is 186 g/mol. The van der Waals surface area contributed by atoms with E-state index in [0.717, 1.165) is 5.00 Å². The van der Waals surface area contributed by atoms with Crippen LogP contribution in [0.15, 0.2) is 11.4 Å². The molecule has 0 aliphatic rings. The van der Waals surface area contributed by atoms with Gasteiger partial charge in [-0.3, -0.25) is 0 Å². The topological polar surface area (TPSA) is 58.3 Å². The Morgan fingerprint density at radius 2 is 2.50 bits per heavy atom. The van der Waals surface area contributed by atoms with E-state index in [2.05, 4.69) is 5.32 Å². The monoisotopic (exact) mass is 186 g/mol. The van der Waals surface area contributed by atoms with Gasteiger partial charge in [0.1, 0.15) is 0 Å². The van der Waals surface area contributed by atoms with Crippen molar-refractivity contribution in [3.05, 3.63) is 17.0 Å². The van der Waals surface area contributed by atoms with E-state index in [1.807, 2.05) is 18.4 Å². The molecule has 0 amide bonds. The molecule has 0 saturated heterocycles. The highest BCUT2D eigenvalue weighted by Crippen LogP contribution is 2.21. The quantitative estimate of drug-likeness (QED) is 0.651. The summed E-state index contributed by atoms with van der Waals surface area (Å²) in [6.07, 6.45) is -0.452. The second-order valence-corrected chi connectivity index (χ2v) is 3.62. The van der Waals surface area contributed by atoms with Gasteiger partial charge in [0, 0.05) is 13.1 Å². The zero-order chi connectivity index (χ0) is 8.97. The molecular weight excluding hydrogens is 172 g/mol. The van der Waals surface area contributed by atoms with Gasteiger partial charge in [-0.1, -0.05) is 0 Å². The summed E-state index contributed by atoms with van der Waals surface area (Å²) in [5.74, 6) is 0. The Balaban J connectivity index is 2.38. The molecule has 1 heterocycles. The van der Waals surface area contributed by atoms with Crippen molar-refractivity contribution in [1.29, 1.82) is 0 Å². The molecule has 68 valence electrons. The molecule has 1 atom stereocenters. The van der Waals surface area contributed by atoms with Crippen molar-refractivity contribution in [2.75, 3.05) is 18.4 Å². The van der Waals surface area contributed by atoms with E-state index in [0.29, 0.717) is 13.1 Å². The first-order chi connectivity index (χ1) is 5.74. The van der Waals surface area contributed by atoms with Gasteiger partial charge in [-0.2, -0.15) is 0 Å². The maximum Gasteiger partial charge on any atom is 0.0913 e. The molecule has 1 aromatic heterocycles. The third-order valence-corrected chi connectivity index (χ3v) is 2.61. The Bertz CT molecular complexity index is 237. The third-order valence-electron chi connectivity index (χ3n) is 1.63. The predicted octanol–water partition coefficient (Wildman–Crippen LogP) is 0.788. The molecule has 0 bridgehead atoms. The van der Waals surface area contributed by atoms with Gasteiger partial charge in [0.05, 0.1) is 11.1 Å². The summed E-state index contributed by atoms with van der Waals surface area (Å²) in [6, 6.07) is 2.04. The van der Waals surface area contributed by atoms with Gasteiger partial charge in [-0.25, -0.2) is 0 Å². The van der Waals surface area contributed by atoms with E-state index in [-0.39, 0.29) is 0 Å². The molecule has 0 aromatic carbocycles. The zero-order valence-corrected chi connectivity index (χ0v) is 7.90. The van der Waals surface area contributed by atoms with Crippen LogP contribution in [0.5, 0.6) is 0 Å². The van der Waals surface area contributed by atoms with Gasteiger partial charge in [0.2, 0.25) is 0 Å². The summed E-state index contributed by atoms with van der Waals surface area (Å²) in [5.41, 5.74) is 6.48. The largest absolute Gasteiger partial charge is 0.390 e. The first-order valence-electron chi connectivity index (χ1n) is 3.90. The summed E-state index contributed by atoms with van der Waals surface area (Å²) in [6.45, 7) is 2.86. The number of nitrogens with two attached hydrogens (primary N) is 1. The van der Waals surface area contributed by atoms with E-state index in [1.165, 1.54) is 5.56 Å². The van der Waals surface area contributed by atoms with Crippen LogP contribution in [0.25, 0.3) is 0 Å². The van der Waals surface area contributed by atoms with Crippen LogP contribution in [0.2, 0.25) is 0 Å². The van der Waals surface area contributed by atoms with Crippen molar-refractivity contribution in [3.63, 3.8) is 0 Å². The predicted molar refractivity (Wildman–Crippen MR) is 52.6 cm³/mol. The lowest BCUT2D eigenvalue weighted by atomic mass is 10.3. The molecule has 0 radical (unpaired) electrons. The van der Waals surface area contributed by atoms with E-state index in [1.54, 1.807) is 11.3 Å².